The van der Waals surface area contributed by atoms with Crippen LogP contribution in [0.25, 0.3) is 0 Å². The molecule has 0 aliphatic carbocycles. The van der Waals surface area contributed by atoms with Crippen LogP contribution in [0.3, 0.4) is 0 Å². The molecule has 10 heteroatoms. The van der Waals surface area contributed by atoms with E-state index in [4.69, 9.17) is 4.74 Å². The van der Waals surface area contributed by atoms with Gasteiger partial charge in [-0.3, -0.25) is 14.5 Å². The number of carbonyl (C=O) groups excluding carboxylic acids is 2. The fourth-order valence-electron chi connectivity index (χ4n) is 3.89. The summed E-state index contributed by atoms with van der Waals surface area (Å²) < 4.78 is 44.3. The second-order valence-corrected chi connectivity index (χ2v) is 8.99. The Labute approximate surface area is 193 Å². The average Bonchev–Trinajstić information content (AvgIpc) is 2.99. The van der Waals surface area contributed by atoms with Gasteiger partial charge >= 0.3 is 6.18 Å². The van der Waals surface area contributed by atoms with Crippen molar-refractivity contribution in [3.63, 3.8) is 0 Å². The van der Waals surface area contributed by atoms with Crippen LogP contribution in [0.5, 0.6) is 0 Å². The number of nitrogens with one attached hydrogen (secondary N) is 2. The Morgan fingerprint density at radius 2 is 1.88 bits per heavy atom. The van der Waals surface area contributed by atoms with Crippen LogP contribution in [-0.4, -0.2) is 55.3 Å². The molecule has 1 atom stereocenters. The van der Waals surface area contributed by atoms with Crippen molar-refractivity contribution in [2.75, 3.05) is 43.9 Å². The van der Waals surface area contributed by atoms with E-state index in [2.05, 4.69) is 15.5 Å². The van der Waals surface area contributed by atoms with Gasteiger partial charge in [0.25, 0.3) is 5.91 Å². The van der Waals surface area contributed by atoms with Crippen LogP contribution in [0.1, 0.15) is 33.9 Å². The van der Waals surface area contributed by atoms with Gasteiger partial charge in [0, 0.05) is 42.3 Å². The third-order valence-corrected chi connectivity index (χ3v) is 6.74. The van der Waals surface area contributed by atoms with Gasteiger partial charge in [0.1, 0.15) is 0 Å². The summed E-state index contributed by atoms with van der Waals surface area (Å²) in [6.45, 7) is 2.50. The topological polar surface area (TPSA) is 70.7 Å². The molecule has 2 aromatic carbocycles. The van der Waals surface area contributed by atoms with Gasteiger partial charge in [-0.05, 0) is 35.9 Å². The number of thioether (sulfide) groups is 1. The van der Waals surface area contributed by atoms with Crippen LogP contribution in [0.2, 0.25) is 0 Å². The zero-order chi connectivity index (χ0) is 23.4. The van der Waals surface area contributed by atoms with E-state index in [1.54, 1.807) is 23.9 Å². The Bertz CT molecular complexity index is 1010. The van der Waals surface area contributed by atoms with Crippen molar-refractivity contribution in [1.29, 1.82) is 0 Å². The number of amides is 2. The predicted molar refractivity (Wildman–Crippen MR) is 119 cm³/mol. The number of hydrogen-bond donors (Lipinski definition) is 2. The quantitative estimate of drug-likeness (QED) is 0.680. The number of anilines is 1. The fraction of sp³-hybridized carbons (Fsp3) is 0.391. The second-order valence-electron chi connectivity index (χ2n) is 7.85. The highest BCUT2D eigenvalue weighted by molar-refractivity contribution is 7.99. The number of hydrogen-bond acceptors (Lipinski definition) is 5. The van der Waals surface area contributed by atoms with E-state index in [1.165, 1.54) is 12.1 Å². The Morgan fingerprint density at radius 3 is 2.58 bits per heavy atom. The molecule has 0 spiro atoms. The summed E-state index contributed by atoms with van der Waals surface area (Å²) in [7, 11) is 0. The molecule has 2 aliphatic rings. The molecule has 0 saturated carbocycles. The smallest absolute Gasteiger partial charge is 0.379 e. The molecule has 0 radical (unpaired) electrons. The van der Waals surface area contributed by atoms with Gasteiger partial charge in [0.2, 0.25) is 5.91 Å². The number of morpholine rings is 1. The standard InChI is InChI=1S/C23H24F3N3O3S/c24-23(25,26)17-4-1-15(2-5-17)19(29-8-10-32-11-9-29)14-27-22(31)16-3-6-20-18(13-16)28-21(30)7-12-33-20/h1-6,13,19H,7-12,14H2,(H,27,31)(H,28,30). The molecule has 2 N–H and O–H groups in total. The molecule has 33 heavy (non-hydrogen) atoms. The number of fused-ring (bicyclic) bond motifs is 1. The van der Waals surface area contributed by atoms with Crippen molar-refractivity contribution in [3.05, 3.63) is 59.2 Å². The maximum Gasteiger partial charge on any atom is 0.416 e. The van der Waals surface area contributed by atoms with Gasteiger partial charge in [0.05, 0.1) is 30.5 Å². The van der Waals surface area contributed by atoms with Crippen LogP contribution in [0, 0.1) is 0 Å². The van der Waals surface area contributed by atoms with E-state index >= 15 is 0 Å². The average molecular weight is 480 g/mol. The van der Waals surface area contributed by atoms with Crippen LogP contribution < -0.4 is 10.6 Å². The van der Waals surface area contributed by atoms with Crippen molar-refractivity contribution in [3.8, 4) is 0 Å². The van der Waals surface area contributed by atoms with E-state index in [1.807, 2.05) is 6.07 Å². The molecule has 176 valence electrons. The first-order valence-electron chi connectivity index (χ1n) is 10.6. The van der Waals surface area contributed by atoms with Crippen LogP contribution in [0.4, 0.5) is 18.9 Å². The van der Waals surface area contributed by atoms with Gasteiger partial charge in [0.15, 0.2) is 0 Å². The van der Waals surface area contributed by atoms with E-state index in [9.17, 15) is 22.8 Å². The molecule has 1 unspecified atom stereocenters. The zero-order valence-electron chi connectivity index (χ0n) is 17.8. The zero-order valence-corrected chi connectivity index (χ0v) is 18.6. The summed E-state index contributed by atoms with van der Waals surface area (Å²) in [6, 6.07) is 9.94. The summed E-state index contributed by atoms with van der Waals surface area (Å²) in [5.74, 6) is 0.276. The van der Waals surface area contributed by atoms with Crippen LogP contribution in [0.15, 0.2) is 47.4 Å². The molecule has 2 aliphatic heterocycles. The van der Waals surface area contributed by atoms with Gasteiger partial charge in [-0.25, -0.2) is 0 Å². The van der Waals surface area contributed by atoms with Gasteiger partial charge in [-0.15, -0.1) is 11.8 Å². The van der Waals surface area contributed by atoms with E-state index < -0.39 is 11.7 Å². The molecule has 0 aromatic heterocycles. The van der Waals surface area contributed by atoms with Crippen LogP contribution in [-0.2, 0) is 15.7 Å². The lowest BCUT2D eigenvalue weighted by atomic mass is 10.0. The molecule has 4 rings (SSSR count). The maximum absolute atomic E-state index is 13.0. The Hall–Kier alpha value is -2.56. The molecule has 2 heterocycles. The first-order valence-corrected chi connectivity index (χ1v) is 11.6. The van der Waals surface area contributed by atoms with E-state index in [-0.39, 0.29) is 24.4 Å². The second kappa shape index (κ2) is 10.1. The summed E-state index contributed by atoms with van der Waals surface area (Å²) in [6.07, 6.45) is -3.99. The molecular formula is C23H24F3N3O3S. The van der Waals surface area contributed by atoms with Crippen LogP contribution >= 0.6 is 11.8 Å². The van der Waals surface area contributed by atoms with E-state index in [0.717, 1.165) is 17.0 Å². The largest absolute Gasteiger partial charge is 0.416 e. The molecule has 0 bridgehead atoms. The van der Waals surface area contributed by atoms with Gasteiger partial charge in [-0.1, -0.05) is 12.1 Å². The van der Waals surface area contributed by atoms with Crippen molar-refractivity contribution in [1.82, 2.24) is 10.2 Å². The highest BCUT2D eigenvalue weighted by Gasteiger charge is 2.31. The lowest BCUT2D eigenvalue weighted by Gasteiger charge is -2.35. The SMILES string of the molecule is O=C1CCSc2ccc(C(=O)NCC(c3ccc(C(F)(F)F)cc3)N3CCOCC3)cc2N1. The Balaban J connectivity index is 1.50. The van der Waals surface area contributed by atoms with Gasteiger partial charge < -0.3 is 15.4 Å². The summed E-state index contributed by atoms with van der Waals surface area (Å²) in [4.78, 5) is 27.7. The molecule has 1 fully saturated rings. The number of rotatable bonds is 5. The third-order valence-electron chi connectivity index (χ3n) is 5.67. The molecular weight excluding hydrogens is 455 g/mol. The lowest BCUT2D eigenvalue weighted by molar-refractivity contribution is -0.137. The van der Waals surface area contributed by atoms with Crippen molar-refractivity contribution in [2.24, 2.45) is 0 Å². The Morgan fingerprint density at radius 1 is 1.15 bits per heavy atom. The highest BCUT2D eigenvalue weighted by Crippen LogP contribution is 2.32. The van der Waals surface area contributed by atoms with Crippen molar-refractivity contribution in [2.45, 2.75) is 23.5 Å². The highest BCUT2D eigenvalue weighted by atomic mass is 32.2. The number of carbonyl (C=O) groups is 2. The minimum Gasteiger partial charge on any atom is -0.379 e. The van der Waals surface area contributed by atoms with E-state index in [0.29, 0.717) is 55.3 Å². The van der Waals surface area contributed by atoms with Crippen molar-refractivity contribution >= 4 is 29.3 Å². The number of nitrogens with zero attached hydrogens (tertiary/aromatic N) is 1. The minimum absolute atomic E-state index is 0.0894. The minimum atomic E-state index is -4.40. The number of alkyl halides is 3. The maximum atomic E-state index is 13.0. The first kappa shape index (κ1) is 23.6. The fourth-order valence-corrected chi connectivity index (χ4v) is 4.83. The molecule has 1 saturated heterocycles. The Kier molecular flexibility index (Phi) is 7.26. The van der Waals surface area contributed by atoms with Crippen molar-refractivity contribution < 1.29 is 27.5 Å². The monoisotopic (exact) mass is 479 g/mol. The predicted octanol–water partition coefficient (Wildman–Crippen LogP) is 3.94. The number of halogens is 3. The first-order chi connectivity index (χ1) is 15.8. The summed E-state index contributed by atoms with van der Waals surface area (Å²) in [5, 5.41) is 5.73. The van der Waals surface area contributed by atoms with Gasteiger partial charge in [-0.2, -0.15) is 13.2 Å². The molecule has 2 amide bonds. The number of benzene rings is 2. The molecule has 6 nitrogen and oxygen atoms in total. The summed E-state index contributed by atoms with van der Waals surface area (Å²) in [5.41, 5.74) is 1.00. The normalized spacial score (nSPS) is 18.1. The third kappa shape index (κ3) is 5.87. The molecule has 2 aromatic rings. The number of ether oxygens (including phenoxy) is 1. The summed E-state index contributed by atoms with van der Waals surface area (Å²) >= 11 is 1.56. The lowest BCUT2D eigenvalue weighted by Crippen LogP contribution is -2.43.